The number of aryl methyl sites for hydroxylation is 1. The summed E-state index contributed by atoms with van der Waals surface area (Å²) < 4.78 is 0. The summed E-state index contributed by atoms with van der Waals surface area (Å²) in [5.74, 6) is 3.51. The molecule has 0 fully saturated rings. The molecule has 1 atom stereocenters. The first-order chi connectivity index (χ1) is 13.0. The van der Waals surface area contributed by atoms with Crippen LogP contribution in [0.1, 0.15) is 56.8 Å². The molecule has 0 saturated carbocycles. The van der Waals surface area contributed by atoms with E-state index in [0.29, 0.717) is 22.0 Å². The molecule has 4 rings (SSSR count). The van der Waals surface area contributed by atoms with Crippen LogP contribution in [0.4, 0.5) is 17.3 Å². The number of hydrogen-bond donors (Lipinski definition) is 0. The number of aromatic nitrogens is 2. The maximum absolute atomic E-state index is 6.54. The van der Waals surface area contributed by atoms with Gasteiger partial charge < -0.3 is 9.80 Å². The highest BCUT2D eigenvalue weighted by molar-refractivity contribution is 6.36. The molecule has 2 aliphatic heterocycles. The molecule has 144 valence electrons. The molecule has 4 nitrogen and oxygen atoms in total. The second-order valence-electron chi connectivity index (χ2n) is 7.52. The molecule has 0 radical (unpaired) electrons. The zero-order valence-corrected chi connectivity index (χ0v) is 17.7. The van der Waals surface area contributed by atoms with Crippen molar-refractivity contribution in [3.05, 3.63) is 39.6 Å². The first-order valence-electron chi connectivity index (χ1n) is 9.91. The van der Waals surface area contributed by atoms with Crippen molar-refractivity contribution < 1.29 is 0 Å². The molecule has 2 aliphatic rings. The van der Waals surface area contributed by atoms with Crippen LogP contribution in [-0.2, 0) is 0 Å². The number of nitrogens with zero attached hydrogens (tertiary/aromatic N) is 4. The van der Waals surface area contributed by atoms with E-state index in [2.05, 4.69) is 23.6 Å². The zero-order chi connectivity index (χ0) is 19.1. The Morgan fingerprint density at radius 1 is 1.07 bits per heavy atom. The van der Waals surface area contributed by atoms with Gasteiger partial charge in [-0.15, -0.1) is 0 Å². The van der Waals surface area contributed by atoms with Crippen LogP contribution in [0.5, 0.6) is 0 Å². The Kier molecular flexibility index (Phi) is 5.21. The van der Waals surface area contributed by atoms with Gasteiger partial charge in [0, 0.05) is 29.7 Å². The molecule has 0 bridgehead atoms. The molecule has 6 heteroatoms. The molecule has 1 unspecified atom stereocenters. The topological polar surface area (TPSA) is 32.3 Å². The molecular formula is C21H26Cl2N4. The number of halogens is 2. The number of benzene rings is 1. The Balaban J connectivity index is 1.85. The zero-order valence-electron chi connectivity index (χ0n) is 16.2. The fraction of sp³-hybridized carbons (Fsp3) is 0.524. The lowest BCUT2D eigenvalue weighted by molar-refractivity contribution is 0.467. The molecule has 0 aliphatic carbocycles. The third-order valence-electron chi connectivity index (χ3n) is 5.96. The average molecular weight is 405 g/mol. The third kappa shape index (κ3) is 3.27. The van der Waals surface area contributed by atoms with Crippen LogP contribution in [0.15, 0.2) is 18.2 Å². The number of hydrogen-bond acceptors (Lipinski definition) is 4. The van der Waals surface area contributed by atoms with Gasteiger partial charge in [0.15, 0.2) is 0 Å². The lowest BCUT2D eigenvalue weighted by Crippen LogP contribution is -2.43. The first kappa shape index (κ1) is 18.8. The maximum atomic E-state index is 6.54. The highest BCUT2D eigenvalue weighted by Crippen LogP contribution is 2.48. The Bertz CT molecular complexity index is 850. The van der Waals surface area contributed by atoms with E-state index >= 15 is 0 Å². The minimum Gasteiger partial charge on any atom is -0.353 e. The monoisotopic (exact) mass is 404 g/mol. The van der Waals surface area contributed by atoms with Gasteiger partial charge in [-0.2, -0.15) is 0 Å². The highest BCUT2D eigenvalue weighted by atomic mass is 35.5. The highest BCUT2D eigenvalue weighted by Gasteiger charge is 2.37. The minimum atomic E-state index is 0.527. The summed E-state index contributed by atoms with van der Waals surface area (Å²) in [5.41, 5.74) is 2.27. The van der Waals surface area contributed by atoms with Crippen molar-refractivity contribution in [1.29, 1.82) is 0 Å². The summed E-state index contributed by atoms with van der Waals surface area (Å²) in [6.45, 7) is 8.52. The SMILES string of the molecule is CCC(CC)N1CCC2CCN(c3ccc(Cl)cc3Cl)c3nc(C)nc1c32. The van der Waals surface area contributed by atoms with Crippen LogP contribution in [0.2, 0.25) is 10.0 Å². The van der Waals surface area contributed by atoms with Gasteiger partial charge in [0.1, 0.15) is 17.5 Å². The standard InChI is InChI=1S/C21H26Cl2N4/c1-4-16(5-2)26-10-8-14-9-11-27(18-7-6-15(22)12-17(18)23)21-19(14)20(26)24-13(3)25-21/h6-7,12,14,16H,4-5,8-11H2,1-3H3. The largest absolute Gasteiger partial charge is 0.353 e. The van der Waals surface area contributed by atoms with E-state index in [0.717, 1.165) is 55.5 Å². The molecule has 27 heavy (non-hydrogen) atoms. The summed E-state index contributed by atoms with van der Waals surface area (Å²) in [5, 5.41) is 1.32. The summed E-state index contributed by atoms with van der Waals surface area (Å²) in [6.07, 6.45) is 4.53. The fourth-order valence-electron chi connectivity index (χ4n) is 4.59. The number of anilines is 3. The smallest absolute Gasteiger partial charge is 0.142 e. The normalized spacial score (nSPS) is 18.8. The molecule has 0 amide bonds. The minimum absolute atomic E-state index is 0.527. The molecule has 0 spiro atoms. The van der Waals surface area contributed by atoms with Crippen LogP contribution in [0.25, 0.3) is 0 Å². The Morgan fingerprint density at radius 3 is 2.48 bits per heavy atom. The average Bonchev–Trinajstić information content (AvgIpc) is 2.65. The molecule has 2 aromatic rings. The van der Waals surface area contributed by atoms with E-state index in [1.54, 1.807) is 0 Å². The van der Waals surface area contributed by atoms with Crippen molar-refractivity contribution in [2.45, 2.75) is 58.4 Å². The van der Waals surface area contributed by atoms with Gasteiger partial charge in [0.25, 0.3) is 0 Å². The molecule has 0 saturated heterocycles. The lowest BCUT2D eigenvalue weighted by Gasteiger charge is -2.44. The Hall–Kier alpha value is -1.52. The van der Waals surface area contributed by atoms with Crippen LogP contribution in [-0.4, -0.2) is 29.1 Å². The maximum Gasteiger partial charge on any atom is 0.142 e. The Labute approximate surface area is 171 Å². The van der Waals surface area contributed by atoms with Crippen molar-refractivity contribution >= 4 is 40.5 Å². The van der Waals surface area contributed by atoms with Crippen molar-refractivity contribution in [2.75, 3.05) is 22.9 Å². The second kappa shape index (κ2) is 7.48. The van der Waals surface area contributed by atoms with Gasteiger partial charge >= 0.3 is 0 Å². The van der Waals surface area contributed by atoms with Gasteiger partial charge in [-0.25, -0.2) is 9.97 Å². The van der Waals surface area contributed by atoms with Gasteiger partial charge in [0.05, 0.1) is 10.7 Å². The summed E-state index contributed by atoms with van der Waals surface area (Å²) >= 11 is 12.6. The van der Waals surface area contributed by atoms with E-state index in [1.807, 2.05) is 25.1 Å². The van der Waals surface area contributed by atoms with Crippen LogP contribution >= 0.6 is 23.2 Å². The third-order valence-corrected chi connectivity index (χ3v) is 6.49. The van der Waals surface area contributed by atoms with Crippen LogP contribution in [0, 0.1) is 6.92 Å². The van der Waals surface area contributed by atoms with Gasteiger partial charge in [-0.05, 0) is 56.7 Å². The quantitative estimate of drug-likeness (QED) is 0.614. The first-order valence-corrected chi connectivity index (χ1v) is 10.7. The second-order valence-corrected chi connectivity index (χ2v) is 8.36. The van der Waals surface area contributed by atoms with Crippen molar-refractivity contribution in [3.8, 4) is 0 Å². The van der Waals surface area contributed by atoms with Gasteiger partial charge in [-0.3, -0.25) is 0 Å². The summed E-state index contributed by atoms with van der Waals surface area (Å²) in [7, 11) is 0. The predicted molar refractivity (Wildman–Crippen MR) is 114 cm³/mol. The van der Waals surface area contributed by atoms with Crippen molar-refractivity contribution in [2.24, 2.45) is 0 Å². The van der Waals surface area contributed by atoms with Crippen LogP contribution in [0.3, 0.4) is 0 Å². The van der Waals surface area contributed by atoms with E-state index in [1.165, 1.54) is 12.0 Å². The molecule has 0 N–H and O–H groups in total. The lowest BCUT2D eigenvalue weighted by atomic mass is 9.85. The molecule has 1 aromatic heterocycles. The van der Waals surface area contributed by atoms with E-state index in [4.69, 9.17) is 33.2 Å². The summed E-state index contributed by atoms with van der Waals surface area (Å²) in [4.78, 5) is 14.5. The van der Waals surface area contributed by atoms with Gasteiger partial charge in [-0.1, -0.05) is 37.0 Å². The van der Waals surface area contributed by atoms with Gasteiger partial charge in [0.2, 0.25) is 0 Å². The molecular weight excluding hydrogens is 379 g/mol. The van der Waals surface area contributed by atoms with E-state index < -0.39 is 0 Å². The summed E-state index contributed by atoms with van der Waals surface area (Å²) in [6, 6.07) is 6.22. The molecule has 3 heterocycles. The molecule has 1 aromatic carbocycles. The van der Waals surface area contributed by atoms with Crippen LogP contribution < -0.4 is 9.80 Å². The number of rotatable bonds is 4. The predicted octanol–water partition coefficient (Wildman–Crippen LogP) is 6.12. The fourth-order valence-corrected chi connectivity index (χ4v) is 5.10. The van der Waals surface area contributed by atoms with E-state index in [9.17, 15) is 0 Å². The van der Waals surface area contributed by atoms with E-state index in [-0.39, 0.29) is 0 Å². The van der Waals surface area contributed by atoms with Crippen molar-refractivity contribution in [3.63, 3.8) is 0 Å². The Morgan fingerprint density at radius 2 is 1.78 bits per heavy atom. The van der Waals surface area contributed by atoms with Crippen molar-refractivity contribution in [1.82, 2.24) is 9.97 Å².